The molecule has 2 amide bonds. The van der Waals surface area contributed by atoms with E-state index in [1.165, 1.54) is 28.9 Å². The molecule has 0 radical (unpaired) electrons. The van der Waals surface area contributed by atoms with Gasteiger partial charge in [-0.15, -0.1) is 0 Å². The van der Waals surface area contributed by atoms with Gasteiger partial charge in [0.1, 0.15) is 23.4 Å². The Kier molecular flexibility index (Phi) is 4.52. The fourth-order valence-corrected chi connectivity index (χ4v) is 3.20. The van der Waals surface area contributed by atoms with E-state index in [4.69, 9.17) is 4.74 Å². The molecule has 1 unspecified atom stereocenters. The van der Waals surface area contributed by atoms with E-state index in [2.05, 4.69) is 15.7 Å². The number of methoxy groups -OCH3 is 1. The zero-order valence-corrected chi connectivity index (χ0v) is 15.0. The Bertz CT molecular complexity index is 1050. The van der Waals surface area contributed by atoms with E-state index in [9.17, 15) is 14.0 Å². The average Bonchev–Trinajstić information content (AvgIpc) is 3.12. The Balaban J connectivity index is 1.68. The first-order chi connectivity index (χ1) is 13.6. The number of fused-ring (bicyclic) bond motifs is 1. The molecule has 28 heavy (non-hydrogen) atoms. The zero-order valence-electron chi connectivity index (χ0n) is 15.0. The SMILES string of the molecule is COc1ccccc1-c1cnn2c1NC(=O)CC2C(=O)Nc1ccc(F)cc1. The Morgan fingerprint density at radius 3 is 2.71 bits per heavy atom. The van der Waals surface area contributed by atoms with Crippen LogP contribution in [-0.2, 0) is 9.59 Å². The van der Waals surface area contributed by atoms with Gasteiger partial charge in [-0.05, 0) is 30.3 Å². The first-order valence-corrected chi connectivity index (χ1v) is 8.64. The third kappa shape index (κ3) is 3.20. The van der Waals surface area contributed by atoms with Crippen LogP contribution >= 0.6 is 0 Å². The first kappa shape index (κ1) is 17.7. The van der Waals surface area contributed by atoms with Crippen LogP contribution in [-0.4, -0.2) is 28.7 Å². The summed E-state index contributed by atoms with van der Waals surface area (Å²) in [4.78, 5) is 25.0. The number of carbonyl (C=O) groups is 2. The molecule has 2 heterocycles. The molecule has 2 aromatic carbocycles. The zero-order chi connectivity index (χ0) is 19.7. The molecule has 0 saturated carbocycles. The number of hydrogen-bond acceptors (Lipinski definition) is 4. The molecule has 0 saturated heterocycles. The number of halogens is 1. The van der Waals surface area contributed by atoms with Crippen molar-refractivity contribution in [3.8, 4) is 16.9 Å². The monoisotopic (exact) mass is 380 g/mol. The van der Waals surface area contributed by atoms with Crippen molar-refractivity contribution in [1.29, 1.82) is 0 Å². The van der Waals surface area contributed by atoms with E-state index in [1.54, 1.807) is 13.3 Å². The van der Waals surface area contributed by atoms with Crippen LogP contribution < -0.4 is 15.4 Å². The van der Waals surface area contributed by atoms with Gasteiger partial charge in [0.05, 0.1) is 19.7 Å². The van der Waals surface area contributed by atoms with Crippen LogP contribution in [0.3, 0.4) is 0 Å². The van der Waals surface area contributed by atoms with Gasteiger partial charge in [-0.2, -0.15) is 5.10 Å². The Labute approximate surface area is 160 Å². The fraction of sp³-hybridized carbons (Fsp3) is 0.150. The predicted octanol–water partition coefficient (Wildman–Crippen LogP) is 3.22. The molecule has 0 aliphatic carbocycles. The van der Waals surface area contributed by atoms with E-state index in [-0.39, 0.29) is 12.3 Å². The highest BCUT2D eigenvalue weighted by Crippen LogP contribution is 2.38. The molecule has 4 rings (SSSR count). The van der Waals surface area contributed by atoms with Gasteiger partial charge in [0.2, 0.25) is 11.8 Å². The minimum absolute atomic E-state index is 0.0485. The fourth-order valence-electron chi connectivity index (χ4n) is 3.20. The lowest BCUT2D eigenvalue weighted by Gasteiger charge is -2.24. The second-order valence-corrected chi connectivity index (χ2v) is 6.32. The molecule has 2 N–H and O–H groups in total. The third-order valence-corrected chi connectivity index (χ3v) is 4.54. The number of ether oxygens (including phenoxy) is 1. The lowest BCUT2D eigenvalue weighted by molar-refractivity contribution is -0.125. The van der Waals surface area contributed by atoms with Crippen molar-refractivity contribution in [1.82, 2.24) is 9.78 Å². The van der Waals surface area contributed by atoms with Gasteiger partial charge < -0.3 is 15.4 Å². The van der Waals surface area contributed by atoms with Crippen LogP contribution in [0.1, 0.15) is 12.5 Å². The van der Waals surface area contributed by atoms with Gasteiger partial charge in [-0.3, -0.25) is 9.59 Å². The molecule has 1 aliphatic rings. The molecular weight excluding hydrogens is 363 g/mol. The maximum atomic E-state index is 13.1. The topological polar surface area (TPSA) is 85.2 Å². The van der Waals surface area contributed by atoms with Crippen molar-refractivity contribution in [3.05, 3.63) is 60.5 Å². The minimum Gasteiger partial charge on any atom is -0.496 e. The molecule has 1 aromatic heterocycles. The summed E-state index contributed by atoms with van der Waals surface area (Å²) in [5, 5.41) is 9.82. The summed E-state index contributed by atoms with van der Waals surface area (Å²) >= 11 is 0. The number of nitrogens with zero attached hydrogens (tertiary/aromatic N) is 2. The summed E-state index contributed by atoms with van der Waals surface area (Å²) in [6.07, 6.45) is 1.55. The Morgan fingerprint density at radius 2 is 1.96 bits per heavy atom. The van der Waals surface area contributed by atoms with Crippen molar-refractivity contribution >= 4 is 23.3 Å². The summed E-state index contributed by atoms with van der Waals surface area (Å²) in [5.41, 5.74) is 1.85. The third-order valence-electron chi connectivity index (χ3n) is 4.54. The van der Waals surface area contributed by atoms with Crippen molar-refractivity contribution in [2.45, 2.75) is 12.5 Å². The first-order valence-electron chi connectivity index (χ1n) is 8.64. The number of amides is 2. The minimum atomic E-state index is -0.822. The maximum absolute atomic E-state index is 13.1. The number of para-hydroxylation sites is 1. The smallest absolute Gasteiger partial charge is 0.249 e. The standard InChI is InChI=1S/C20H17FN4O3/c1-28-17-5-3-2-4-14(17)15-11-22-25-16(10-18(26)24-19(15)25)20(27)23-13-8-6-12(21)7-9-13/h2-9,11,16H,10H2,1H3,(H,23,27)(H,24,26). The lowest BCUT2D eigenvalue weighted by atomic mass is 10.1. The van der Waals surface area contributed by atoms with E-state index < -0.39 is 17.8 Å². The molecule has 1 aliphatic heterocycles. The van der Waals surface area contributed by atoms with Crippen molar-refractivity contribution in [2.75, 3.05) is 17.7 Å². The van der Waals surface area contributed by atoms with Crippen LogP contribution in [0.2, 0.25) is 0 Å². The van der Waals surface area contributed by atoms with Crippen molar-refractivity contribution in [2.24, 2.45) is 0 Å². The largest absolute Gasteiger partial charge is 0.496 e. The molecule has 7 nitrogen and oxygen atoms in total. The van der Waals surface area contributed by atoms with Crippen LogP contribution in [0.4, 0.5) is 15.9 Å². The highest BCUT2D eigenvalue weighted by Gasteiger charge is 2.33. The van der Waals surface area contributed by atoms with Crippen LogP contribution in [0.25, 0.3) is 11.1 Å². The van der Waals surface area contributed by atoms with Crippen LogP contribution in [0, 0.1) is 5.82 Å². The lowest BCUT2D eigenvalue weighted by Crippen LogP contribution is -2.35. The number of benzene rings is 2. The Hall–Kier alpha value is -3.68. The second kappa shape index (κ2) is 7.15. The van der Waals surface area contributed by atoms with Crippen LogP contribution in [0.15, 0.2) is 54.7 Å². The summed E-state index contributed by atoms with van der Waals surface area (Å²) < 4.78 is 19.9. The number of aromatic nitrogens is 2. The van der Waals surface area contributed by atoms with Gasteiger partial charge in [-0.25, -0.2) is 9.07 Å². The molecule has 0 fully saturated rings. The molecule has 0 bridgehead atoms. The summed E-state index contributed by atoms with van der Waals surface area (Å²) in [6, 6.07) is 12.0. The molecule has 1 atom stereocenters. The summed E-state index contributed by atoms with van der Waals surface area (Å²) in [5.74, 6) is -0.0305. The van der Waals surface area contributed by atoms with Gasteiger partial charge in [0.15, 0.2) is 0 Å². The number of carbonyl (C=O) groups excluding carboxylic acids is 2. The van der Waals surface area contributed by atoms with Gasteiger partial charge in [0.25, 0.3) is 0 Å². The molecule has 142 valence electrons. The summed E-state index contributed by atoms with van der Waals surface area (Å²) in [7, 11) is 1.56. The van der Waals surface area contributed by atoms with E-state index >= 15 is 0 Å². The highest BCUT2D eigenvalue weighted by atomic mass is 19.1. The Morgan fingerprint density at radius 1 is 1.21 bits per heavy atom. The number of hydrogen-bond donors (Lipinski definition) is 2. The van der Waals surface area contributed by atoms with E-state index in [0.717, 1.165) is 5.56 Å². The van der Waals surface area contributed by atoms with Gasteiger partial charge in [0, 0.05) is 16.8 Å². The maximum Gasteiger partial charge on any atom is 0.249 e. The molecular formula is C20H17FN4O3. The van der Waals surface area contributed by atoms with Crippen LogP contribution in [0.5, 0.6) is 5.75 Å². The van der Waals surface area contributed by atoms with E-state index in [0.29, 0.717) is 22.8 Å². The van der Waals surface area contributed by atoms with Gasteiger partial charge in [-0.1, -0.05) is 18.2 Å². The highest BCUT2D eigenvalue weighted by molar-refractivity contribution is 6.03. The predicted molar refractivity (Wildman–Crippen MR) is 102 cm³/mol. The number of nitrogens with one attached hydrogen (secondary N) is 2. The molecule has 8 heteroatoms. The van der Waals surface area contributed by atoms with Crippen molar-refractivity contribution < 1.29 is 18.7 Å². The summed E-state index contributed by atoms with van der Waals surface area (Å²) in [6.45, 7) is 0. The van der Waals surface area contributed by atoms with Gasteiger partial charge >= 0.3 is 0 Å². The second-order valence-electron chi connectivity index (χ2n) is 6.32. The normalized spacial score (nSPS) is 15.5. The number of rotatable bonds is 4. The van der Waals surface area contributed by atoms with Crippen molar-refractivity contribution in [3.63, 3.8) is 0 Å². The average molecular weight is 380 g/mol. The molecule has 0 spiro atoms. The quantitative estimate of drug-likeness (QED) is 0.728. The molecule has 3 aromatic rings. The number of anilines is 2. The van der Waals surface area contributed by atoms with E-state index in [1.807, 2.05) is 24.3 Å².